The molecule has 0 N–H and O–H groups in total. The van der Waals surface area contributed by atoms with Crippen LogP contribution in [0, 0.1) is 0 Å². The molecule has 2 aromatic rings. The fourth-order valence-electron chi connectivity index (χ4n) is 1.88. The zero-order valence-corrected chi connectivity index (χ0v) is 12.0. The summed E-state index contributed by atoms with van der Waals surface area (Å²) in [6.07, 6.45) is 7.33. The number of carbonyl (C=O) groups excluding carboxylic acids is 1. The van der Waals surface area contributed by atoms with Gasteiger partial charge in [0, 0.05) is 6.08 Å². The molecule has 2 nitrogen and oxygen atoms in total. The van der Waals surface area contributed by atoms with Gasteiger partial charge in [-0.2, -0.15) is 0 Å². The van der Waals surface area contributed by atoms with Crippen LogP contribution in [-0.4, -0.2) is 12.6 Å². The van der Waals surface area contributed by atoms with Crippen LogP contribution in [0.3, 0.4) is 0 Å². The average Bonchev–Trinajstić information content (AvgIpc) is 2.53. The second-order valence-corrected chi connectivity index (χ2v) is 4.50. The highest BCUT2D eigenvalue weighted by molar-refractivity contribution is 5.87. The Hall–Kier alpha value is -2.61. The number of benzene rings is 2. The van der Waals surface area contributed by atoms with Gasteiger partial charge in [-0.25, -0.2) is 4.79 Å². The molecule has 0 unspecified atom stereocenters. The molecular formula is C19H18O2. The van der Waals surface area contributed by atoms with Gasteiger partial charge in [0.25, 0.3) is 0 Å². The maximum atomic E-state index is 11.3. The van der Waals surface area contributed by atoms with Crippen molar-refractivity contribution in [2.24, 2.45) is 0 Å². The van der Waals surface area contributed by atoms with Gasteiger partial charge in [0.15, 0.2) is 0 Å². The number of hydrogen-bond donors (Lipinski definition) is 0. The van der Waals surface area contributed by atoms with Crippen LogP contribution < -0.4 is 0 Å². The first-order chi connectivity index (χ1) is 10.3. The van der Waals surface area contributed by atoms with E-state index >= 15 is 0 Å². The number of esters is 1. The lowest BCUT2D eigenvalue weighted by molar-refractivity contribution is -0.137. The molecule has 0 aliphatic rings. The highest BCUT2D eigenvalue weighted by Gasteiger charge is 1.95. The van der Waals surface area contributed by atoms with Gasteiger partial charge in [0.1, 0.15) is 0 Å². The molecule has 0 heterocycles. The average molecular weight is 278 g/mol. The topological polar surface area (TPSA) is 26.3 Å². The number of ether oxygens (including phenoxy) is 1. The highest BCUT2D eigenvalue weighted by atomic mass is 16.5. The second-order valence-electron chi connectivity index (χ2n) is 4.50. The van der Waals surface area contributed by atoms with E-state index in [4.69, 9.17) is 4.74 Å². The fraction of sp³-hybridized carbons (Fsp3) is 0.105. The van der Waals surface area contributed by atoms with E-state index in [0.29, 0.717) is 6.61 Å². The maximum Gasteiger partial charge on any atom is 0.330 e. The second kappa shape index (κ2) is 7.85. The molecule has 21 heavy (non-hydrogen) atoms. The van der Waals surface area contributed by atoms with Crippen molar-refractivity contribution >= 4 is 24.2 Å². The van der Waals surface area contributed by atoms with Gasteiger partial charge < -0.3 is 4.74 Å². The minimum atomic E-state index is -0.317. The van der Waals surface area contributed by atoms with Gasteiger partial charge in [0.05, 0.1) is 6.61 Å². The van der Waals surface area contributed by atoms with Crippen LogP contribution in [0.1, 0.15) is 23.6 Å². The Balaban J connectivity index is 2.07. The van der Waals surface area contributed by atoms with E-state index in [-0.39, 0.29) is 5.97 Å². The zero-order chi connectivity index (χ0) is 14.9. The smallest absolute Gasteiger partial charge is 0.330 e. The largest absolute Gasteiger partial charge is 0.463 e. The third kappa shape index (κ3) is 5.11. The monoisotopic (exact) mass is 278 g/mol. The Morgan fingerprint density at radius 3 is 2.24 bits per heavy atom. The molecule has 0 aliphatic heterocycles. The standard InChI is InChI=1S/C19H18O2/c1-2-21-19(20)14-13-18-10-6-9-17(15-18)12-11-16-7-4-3-5-8-16/h3-15H,2H2,1H3/b12-11+,14-13+. The van der Waals surface area contributed by atoms with Crippen molar-refractivity contribution in [3.63, 3.8) is 0 Å². The lowest BCUT2D eigenvalue weighted by Crippen LogP contribution is -1.98. The van der Waals surface area contributed by atoms with Crippen molar-refractivity contribution in [2.45, 2.75) is 6.92 Å². The summed E-state index contributed by atoms with van der Waals surface area (Å²) < 4.78 is 4.86. The first kappa shape index (κ1) is 14.8. The van der Waals surface area contributed by atoms with Crippen LogP contribution in [0.15, 0.2) is 60.7 Å². The molecule has 0 aromatic heterocycles. The lowest BCUT2D eigenvalue weighted by Gasteiger charge is -1.98. The highest BCUT2D eigenvalue weighted by Crippen LogP contribution is 2.11. The molecule has 0 atom stereocenters. The zero-order valence-electron chi connectivity index (χ0n) is 12.0. The first-order valence-corrected chi connectivity index (χ1v) is 6.96. The molecule has 106 valence electrons. The van der Waals surface area contributed by atoms with Crippen molar-refractivity contribution in [3.8, 4) is 0 Å². The predicted octanol–water partition coefficient (Wildman–Crippen LogP) is 4.43. The molecule has 2 aromatic carbocycles. The van der Waals surface area contributed by atoms with Crippen molar-refractivity contribution in [1.82, 2.24) is 0 Å². The molecule has 0 saturated heterocycles. The number of carbonyl (C=O) groups is 1. The molecule has 0 amide bonds. The first-order valence-electron chi connectivity index (χ1n) is 6.96. The van der Waals surface area contributed by atoms with Gasteiger partial charge in [0.2, 0.25) is 0 Å². The van der Waals surface area contributed by atoms with E-state index in [1.54, 1.807) is 13.0 Å². The van der Waals surface area contributed by atoms with Gasteiger partial charge >= 0.3 is 5.97 Å². The Morgan fingerprint density at radius 2 is 1.52 bits per heavy atom. The summed E-state index contributed by atoms with van der Waals surface area (Å²) in [7, 11) is 0. The summed E-state index contributed by atoms with van der Waals surface area (Å²) in [6.45, 7) is 2.18. The Morgan fingerprint density at radius 1 is 0.905 bits per heavy atom. The molecule has 0 saturated carbocycles. The summed E-state index contributed by atoms with van der Waals surface area (Å²) in [5, 5.41) is 0. The van der Waals surface area contributed by atoms with E-state index in [0.717, 1.165) is 16.7 Å². The molecule has 0 fully saturated rings. The molecule has 0 aliphatic carbocycles. The van der Waals surface area contributed by atoms with Crippen LogP contribution in [0.2, 0.25) is 0 Å². The molecule has 0 spiro atoms. The predicted molar refractivity (Wildman–Crippen MR) is 87.5 cm³/mol. The van der Waals surface area contributed by atoms with E-state index < -0.39 is 0 Å². The van der Waals surface area contributed by atoms with Crippen LogP contribution in [0.25, 0.3) is 18.2 Å². The van der Waals surface area contributed by atoms with Gasteiger partial charge in [-0.3, -0.25) is 0 Å². The van der Waals surface area contributed by atoms with E-state index in [1.165, 1.54) is 6.08 Å². The summed E-state index contributed by atoms with van der Waals surface area (Å²) in [5.74, 6) is -0.317. The van der Waals surface area contributed by atoms with Gasteiger partial charge in [-0.1, -0.05) is 60.7 Å². The molecule has 0 bridgehead atoms. The normalized spacial score (nSPS) is 11.1. The van der Waals surface area contributed by atoms with E-state index in [2.05, 4.69) is 24.3 Å². The fourth-order valence-corrected chi connectivity index (χ4v) is 1.88. The summed E-state index contributed by atoms with van der Waals surface area (Å²) in [5.41, 5.74) is 3.22. The van der Waals surface area contributed by atoms with E-state index in [9.17, 15) is 4.79 Å². The SMILES string of the molecule is CCOC(=O)/C=C/c1cccc(/C=C/c2ccccc2)c1. The van der Waals surface area contributed by atoms with Crippen LogP contribution in [0.4, 0.5) is 0 Å². The van der Waals surface area contributed by atoms with E-state index in [1.807, 2.05) is 42.5 Å². The van der Waals surface area contributed by atoms with Crippen molar-refractivity contribution < 1.29 is 9.53 Å². The minimum absolute atomic E-state index is 0.317. The maximum absolute atomic E-state index is 11.3. The van der Waals surface area contributed by atoms with Crippen molar-refractivity contribution in [3.05, 3.63) is 77.4 Å². The Bertz CT molecular complexity index is 640. The molecular weight excluding hydrogens is 260 g/mol. The third-order valence-corrected chi connectivity index (χ3v) is 2.88. The van der Waals surface area contributed by atoms with Crippen LogP contribution in [0.5, 0.6) is 0 Å². The number of hydrogen-bond acceptors (Lipinski definition) is 2. The van der Waals surface area contributed by atoms with Crippen molar-refractivity contribution in [1.29, 1.82) is 0 Å². The quantitative estimate of drug-likeness (QED) is 0.459. The van der Waals surface area contributed by atoms with Crippen LogP contribution >= 0.6 is 0 Å². The Labute approximate surface area is 125 Å². The third-order valence-electron chi connectivity index (χ3n) is 2.88. The van der Waals surface area contributed by atoms with Gasteiger partial charge in [-0.15, -0.1) is 0 Å². The summed E-state index contributed by atoms with van der Waals surface area (Å²) in [4.78, 5) is 11.3. The lowest BCUT2D eigenvalue weighted by atomic mass is 10.1. The number of rotatable bonds is 5. The molecule has 2 heteroatoms. The summed E-state index contributed by atoms with van der Waals surface area (Å²) >= 11 is 0. The molecule has 0 radical (unpaired) electrons. The Kier molecular flexibility index (Phi) is 5.53. The molecule has 2 rings (SSSR count). The minimum Gasteiger partial charge on any atom is -0.463 e. The van der Waals surface area contributed by atoms with Crippen molar-refractivity contribution in [2.75, 3.05) is 6.61 Å². The van der Waals surface area contributed by atoms with Crippen LogP contribution in [-0.2, 0) is 9.53 Å². The van der Waals surface area contributed by atoms with Gasteiger partial charge in [-0.05, 0) is 35.8 Å². The summed E-state index contributed by atoms with van der Waals surface area (Å²) in [6, 6.07) is 18.1.